The van der Waals surface area contributed by atoms with Gasteiger partial charge in [-0.15, -0.1) is 0 Å². The third kappa shape index (κ3) is 5.30. The van der Waals surface area contributed by atoms with Gasteiger partial charge in [0.15, 0.2) is 0 Å². The van der Waals surface area contributed by atoms with E-state index in [4.69, 9.17) is 0 Å². The molecule has 1 aliphatic heterocycles. The summed E-state index contributed by atoms with van der Waals surface area (Å²) in [7, 11) is 0. The van der Waals surface area contributed by atoms with E-state index in [2.05, 4.69) is 29.6 Å². The fourth-order valence-electron chi connectivity index (χ4n) is 4.34. The lowest BCUT2D eigenvalue weighted by molar-refractivity contribution is -0.144. The SMILES string of the molecule is CC(c1ccccc1)N1C(=O)C(=O)N(CC(=O)NCCC(c2ccccc2)c2ccccc2)C1=O. The molecule has 7 nitrogen and oxygen atoms in total. The number of hydrogen-bond acceptors (Lipinski definition) is 4. The molecule has 4 rings (SSSR count). The summed E-state index contributed by atoms with van der Waals surface area (Å²) >= 11 is 0. The van der Waals surface area contributed by atoms with Crippen molar-refractivity contribution in [3.05, 3.63) is 108 Å². The second kappa shape index (κ2) is 10.8. The Morgan fingerprint density at radius 2 is 1.23 bits per heavy atom. The molecule has 0 aromatic heterocycles. The predicted molar refractivity (Wildman–Crippen MR) is 131 cm³/mol. The van der Waals surface area contributed by atoms with Crippen molar-refractivity contribution in [3.8, 4) is 0 Å². The van der Waals surface area contributed by atoms with Crippen molar-refractivity contribution in [2.75, 3.05) is 13.1 Å². The third-order valence-electron chi connectivity index (χ3n) is 6.21. The van der Waals surface area contributed by atoms with Crippen molar-refractivity contribution in [2.24, 2.45) is 0 Å². The molecule has 3 aromatic carbocycles. The molecule has 1 saturated heterocycles. The Kier molecular flexibility index (Phi) is 7.35. The summed E-state index contributed by atoms with van der Waals surface area (Å²) < 4.78 is 0. The quantitative estimate of drug-likeness (QED) is 0.381. The monoisotopic (exact) mass is 469 g/mol. The molecule has 1 aliphatic rings. The summed E-state index contributed by atoms with van der Waals surface area (Å²) in [5.41, 5.74) is 2.99. The first kappa shape index (κ1) is 23.9. The van der Waals surface area contributed by atoms with Crippen molar-refractivity contribution < 1.29 is 19.2 Å². The van der Waals surface area contributed by atoms with Gasteiger partial charge in [0.1, 0.15) is 6.54 Å². The molecule has 0 spiro atoms. The van der Waals surface area contributed by atoms with E-state index >= 15 is 0 Å². The van der Waals surface area contributed by atoms with E-state index in [9.17, 15) is 19.2 Å². The minimum Gasteiger partial charge on any atom is -0.355 e. The lowest BCUT2D eigenvalue weighted by Gasteiger charge is -2.22. The zero-order chi connectivity index (χ0) is 24.8. The van der Waals surface area contributed by atoms with Gasteiger partial charge in [0.25, 0.3) is 0 Å². The van der Waals surface area contributed by atoms with Gasteiger partial charge < -0.3 is 5.32 Å². The van der Waals surface area contributed by atoms with Crippen molar-refractivity contribution in [1.29, 1.82) is 0 Å². The molecule has 1 unspecified atom stereocenters. The Morgan fingerprint density at radius 3 is 1.74 bits per heavy atom. The van der Waals surface area contributed by atoms with E-state index in [1.54, 1.807) is 31.2 Å². The molecular formula is C28H27N3O4. The second-order valence-electron chi connectivity index (χ2n) is 8.45. The molecule has 178 valence electrons. The zero-order valence-corrected chi connectivity index (χ0v) is 19.5. The third-order valence-corrected chi connectivity index (χ3v) is 6.21. The van der Waals surface area contributed by atoms with Gasteiger partial charge in [-0.25, -0.2) is 14.6 Å². The normalized spacial score (nSPS) is 14.5. The van der Waals surface area contributed by atoms with Crippen LogP contribution in [-0.2, 0) is 14.4 Å². The molecular weight excluding hydrogens is 442 g/mol. The van der Waals surface area contributed by atoms with Crippen molar-refractivity contribution in [3.63, 3.8) is 0 Å². The number of amides is 5. The largest absolute Gasteiger partial charge is 0.355 e. The van der Waals surface area contributed by atoms with Gasteiger partial charge in [-0.3, -0.25) is 14.4 Å². The standard InChI is InChI=1S/C28H27N3O4/c1-20(21-11-5-2-6-12-21)31-27(34)26(33)30(28(31)35)19-25(32)29-18-17-24(22-13-7-3-8-14-22)23-15-9-4-10-16-23/h2-16,20,24H,17-19H2,1H3,(H,29,32). The molecule has 7 heteroatoms. The molecule has 5 amide bonds. The van der Waals surface area contributed by atoms with Crippen LogP contribution in [0, 0.1) is 0 Å². The summed E-state index contributed by atoms with van der Waals surface area (Å²) in [5, 5.41) is 2.80. The molecule has 35 heavy (non-hydrogen) atoms. The Morgan fingerprint density at radius 1 is 0.743 bits per heavy atom. The number of nitrogens with zero attached hydrogens (tertiary/aromatic N) is 2. The predicted octanol–water partition coefficient (Wildman–Crippen LogP) is 3.88. The van der Waals surface area contributed by atoms with E-state index in [-0.39, 0.29) is 5.92 Å². The van der Waals surface area contributed by atoms with E-state index < -0.39 is 36.3 Å². The average Bonchev–Trinajstić information content (AvgIpc) is 3.10. The van der Waals surface area contributed by atoms with Crippen LogP contribution in [0.5, 0.6) is 0 Å². The Bertz CT molecular complexity index is 1160. The van der Waals surface area contributed by atoms with Crippen LogP contribution < -0.4 is 5.32 Å². The van der Waals surface area contributed by atoms with Crippen LogP contribution in [0.2, 0.25) is 0 Å². The van der Waals surface area contributed by atoms with Crippen molar-refractivity contribution >= 4 is 23.8 Å². The maximum atomic E-state index is 12.9. The zero-order valence-electron chi connectivity index (χ0n) is 19.5. The summed E-state index contributed by atoms with van der Waals surface area (Å²) in [6.07, 6.45) is 0.637. The van der Waals surface area contributed by atoms with Crippen LogP contribution in [0.15, 0.2) is 91.0 Å². The second-order valence-corrected chi connectivity index (χ2v) is 8.45. The fraction of sp³-hybridized carbons (Fsp3) is 0.214. The van der Waals surface area contributed by atoms with E-state index in [0.29, 0.717) is 17.9 Å². The first-order chi connectivity index (χ1) is 17.0. The molecule has 1 N–H and O–H groups in total. The van der Waals surface area contributed by atoms with E-state index in [1.165, 1.54) is 0 Å². The van der Waals surface area contributed by atoms with Crippen LogP contribution in [0.3, 0.4) is 0 Å². The molecule has 0 bridgehead atoms. The van der Waals surface area contributed by atoms with Crippen LogP contribution >= 0.6 is 0 Å². The van der Waals surface area contributed by atoms with Crippen molar-refractivity contribution in [2.45, 2.75) is 25.3 Å². The summed E-state index contributed by atoms with van der Waals surface area (Å²) in [6.45, 7) is 1.53. The first-order valence-corrected chi connectivity index (χ1v) is 11.6. The fourth-order valence-corrected chi connectivity index (χ4v) is 4.34. The molecule has 1 atom stereocenters. The van der Waals surface area contributed by atoms with E-state index in [1.807, 2.05) is 42.5 Å². The Hall–Kier alpha value is -4.26. The van der Waals surface area contributed by atoms with Gasteiger partial charge >= 0.3 is 17.8 Å². The Balaban J connectivity index is 1.38. The lowest BCUT2D eigenvalue weighted by atomic mass is 9.88. The highest BCUT2D eigenvalue weighted by Gasteiger charge is 2.47. The number of benzene rings is 3. The van der Waals surface area contributed by atoms with Crippen LogP contribution in [0.25, 0.3) is 0 Å². The summed E-state index contributed by atoms with van der Waals surface area (Å²) in [6, 6.07) is 27.6. The lowest BCUT2D eigenvalue weighted by Crippen LogP contribution is -2.42. The minimum atomic E-state index is -0.987. The number of imide groups is 2. The number of carbonyl (C=O) groups excluding carboxylic acids is 4. The molecule has 0 radical (unpaired) electrons. The van der Waals surface area contributed by atoms with E-state index in [0.717, 1.165) is 21.6 Å². The van der Waals surface area contributed by atoms with Crippen LogP contribution in [0.4, 0.5) is 4.79 Å². The highest BCUT2D eigenvalue weighted by atomic mass is 16.2. The number of carbonyl (C=O) groups is 4. The highest BCUT2D eigenvalue weighted by molar-refractivity contribution is 6.45. The van der Waals surface area contributed by atoms with Crippen LogP contribution in [0.1, 0.15) is 42.0 Å². The average molecular weight is 470 g/mol. The van der Waals surface area contributed by atoms with Gasteiger partial charge in [-0.05, 0) is 30.0 Å². The molecule has 0 saturated carbocycles. The van der Waals surface area contributed by atoms with Crippen molar-refractivity contribution in [1.82, 2.24) is 15.1 Å². The highest BCUT2D eigenvalue weighted by Crippen LogP contribution is 2.28. The molecule has 0 aliphatic carbocycles. The molecule has 1 fully saturated rings. The Labute approximate surface area is 204 Å². The van der Waals surface area contributed by atoms with Gasteiger partial charge in [-0.1, -0.05) is 91.0 Å². The maximum absolute atomic E-state index is 12.9. The van der Waals surface area contributed by atoms with Gasteiger partial charge in [-0.2, -0.15) is 0 Å². The number of rotatable bonds is 9. The number of urea groups is 1. The minimum absolute atomic E-state index is 0.0801. The molecule has 1 heterocycles. The number of nitrogens with one attached hydrogen (secondary N) is 1. The first-order valence-electron chi connectivity index (χ1n) is 11.6. The topological polar surface area (TPSA) is 86.8 Å². The van der Waals surface area contributed by atoms with Gasteiger partial charge in [0.2, 0.25) is 5.91 Å². The maximum Gasteiger partial charge on any atom is 0.335 e. The van der Waals surface area contributed by atoms with Crippen LogP contribution in [-0.4, -0.2) is 46.6 Å². The van der Waals surface area contributed by atoms with Gasteiger partial charge in [0, 0.05) is 12.5 Å². The summed E-state index contributed by atoms with van der Waals surface area (Å²) in [5.74, 6) is -2.32. The smallest absolute Gasteiger partial charge is 0.335 e. The van der Waals surface area contributed by atoms with Gasteiger partial charge in [0.05, 0.1) is 6.04 Å². The summed E-state index contributed by atoms with van der Waals surface area (Å²) in [4.78, 5) is 52.1. The number of hydrogen-bond donors (Lipinski definition) is 1. The molecule has 3 aromatic rings.